The van der Waals surface area contributed by atoms with Crippen molar-refractivity contribution in [3.8, 4) is 11.5 Å². The zero-order valence-corrected chi connectivity index (χ0v) is 22.7. The van der Waals surface area contributed by atoms with Gasteiger partial charge in [-0.05, 0) is 72.7 Å². The first-order valence-electron chi connectivity index (χ1n) is 13.0. The lowest BCUT2D eigenvalue weighted by Gasteiger charge is -2.30. The second-order valence-electron chi connectivity index (χ2n) is 8.98. The van der Waals surface area contributed by atoms with E-state index in [4.69, 9.17) is 14.2 Å². The molecule has 1 unspecified atom stereocenters. The number of methoxy groups -OCH3 is 1. The lowest BCUT2D eigenvalue weighted by Crippen LogP contribution is -2.33. The molecule has 0 fully saturated rings. The number of hydrogen-bond acceptors (Lipinski definition) is 9. The Morgan fingerprint density at radius 3 is 2.49 bits per heavy atom. The number of benzene rings is 2. The summed E-state index contributed by atoms with van der Waals surface area (Å²) in [6, 6.07) is 15.0. The number of esters is 1. The van der Waals surface area contributed by atoms with Gasteiger partial charge in [-0.1, -0.05) is 19.1 Å². The monoisotopic (exact) mass is 534 g/mol. The van der Waals surface area contributed by atoms with Crippen molar-refractivity contribution in [3.63, 3.8) is 0 Å². The molecule has 0 aliphatic carbocycles. The molecule has 0 aliphatic rings. The summed E-state index contributed by atoms with van der Waals surface area (Å²) in [6.45, 7) is 7.26. The van der Waals surface area contributed by atoms with Crippen molar-refractivity contribution < 1.29 is 19.0 Å². The first kappa shape index (κ1) is 27.8. The van der Waals surface area contributed by atoms with E-state index in [1.807, 2.05) is 62.4 Å². The molecule has 1 atom stereocenters. The van der Waals surface area contributed by atoms with Gasteiger partial charge in [-0.3, -0.25) is 14.5 Å². The molecular formula is C28H34N6O5. The smallest absolute Gasteiger partial charge is 0.327 e. The van der Waals surface area contributed by atoms with Gasteiger partial charge < -0.3 is 19.2 Å². The zero-order chi connectivity index (χ0) is 27.8. The molecule has 1 N–H and O–H groups in total. The van der Waals surface area contributed by atoms with Gasteiger partial charge in [-0.2, -0.15) is 0 Å². The van der Waals surface area contributed by atoms with Crippen molar-refractivity contribution in [3.05, 3.63) is 75.8 Å². The van der Waals surface area contributed by atoms with Crippen LogP contribution in [0.3, 0.4) is 0 Å². The van der Waals surface area contributed by atoms with Crippen molar-refractivity contribution >= 4 is 16.9 Å². The summed E-state index contributed by atoms with van der Waals surface area (Å²) in [6.07, 6.45) is 0.638. The predicted octanol–water partition coefficient (Wildman–Crippen LogP) is 3.64. The molecule has 2 heterocycles. The number of pyridine rings is 1. The van der Waals surface area contributed by atoms with Gasteiger partial charge in [0.1, 0.15) is 18.0 Å². The summed E-state index contributed by atoms with van der Waals surface area (Å²) in [7, 11) is 1.63. The van der Waals surface area contributed by atoms with Crippen LogP contribution in [0.1, 0.15) is 50.2 Å². The molecular weight excluding hydrogens is 500 g/mol. The first-order chi connectivity index (χ1) is 18.9. The van der Waals surface area contributed by atoms with Crippen LogP contribution >= 0.6 is 0 Å². The lowest BCUT2D eigenvalue weighted by molar-refractivity contribution is -0.144. The topological polar surface area (TPSA) is 124 Å². The number of fused-ring (bicyclic) bond motifs is 1. The fraction of sp³-hybridized carbons (Fsp3) is 0.393. The molecule has 0 spiro atoms. The van der Waals surface area contributed by atoms with Crippen LogP contribution in [0.25, 0.3) is 10.9 Å². The maximum Gasteiger partial charge on any atom is 0.327 e. The molecule has 0 saturated carbocycles. The molecule has 2 aromatic heterocycles. The highest BCUT2D eigenvalue weighted by Crippen LogP contribution is 2.27. The standard InChI is InChI=1S/C28H34N6O5/c1-5-25(27-30-31-32-34(27)18-26(35)39-7-3)33(16-19-8-10-22(37-4)11-9-19)17-21-14-20-15-23(38-6-2)12-13-24(20)29-28(21)36/h8-15,25H,5-7,16-18H2,1-4H3,(H,29,36). The minimum Gasteiger partial charge on any atom is -0.497 e. The summed E-state index contributed by atoms with van der Waals surface area (Å²) in [5.41, 5.74) is 2.17. The van der Waals surface area contributed by atoms with Gasteiger partial charge in [0, 0.05) is 29.6 Å². The van der Waals surface area contributed by atoms with E-state index in [0.29, 0.717) is 37.5 Å². The van der Waals surface area contributed by atoms with Crippen LogP contribution in [0.5, 0.6) is 11.5 Å². The number of hydrogen-bond donors (Lipinski definition) is 1. The third-order valence-corrected chi connectivity index (χ3v) is 6.39. The Balaban J connectivity index is 1.72. The maximum absolute atomic E-state index is 13.2. The SMILES string of the molecule is CCOC(=O)Cn1nnnc1C(CC)N(Cc1ccc(OC)cc1)Cc1cc2cc(OCC)ccc2[nH]c1=O. The van der Waals surface area contributed by atoms with Gasteiger partial charge in [0.05, 0.1) is 26.4 Å². The second-order valence-corrected chi connectivity index (χ2v) is 8.98. The average Bonchev–Trinajstić information content (AvgIpc) is 3.37. The van der Waals surface area contributed by atoms with E-state index in [9.17, 15) is 9.59 Å². The number of carbonyl (C=O) groups excluding carboxylic acids is 1. The number of carbonyl (C=O) groups is 1. The summed E-state index contributed by atoms with van der Waals surface area (Å²) in [5.74, 6) is 1.60. The number of tetrazole rings is 1. The Morgan fingerprint density at radius 1 is 1.03 bits per heavy atom. The third kappa shape index (κ3) is 6.80. The lowest BCUT2D eigenvalue weighted by atomic mass is 10.1. The second kappa shape index (κ2) is 13.0. The first-order valence-corrected chi connectivity index (χ1v) is 13.0. The third-order valence-electron chi connectivity index (χ3n) is 6.39. The summed E-state index contributed by atoms with van der Waals surface area (Å²) in [5, 5.41) is 13.0. The minimum atomic E-state index is -0.418. The fourth-order valence-corrected chi connectivity index (χ4v) is 4.56. The van der Waals surface area contributed by atoms with Gasteiger partial charge in [-0.25, -0.2) is 4.68 Å². The zero-order valence-electron chi connectivity index (χ0n) is 22.7. The van der Waals surface area contributed by atoms with Gasteiger partial charge in [-0.15, -0.1) is 5.10 Å². The number of rotatable bonds is 13. The normalized spacial score (nSPS) is 12.0. The maximum atomic E-state index is 13.2. The summed E-state index contributed by atoms with van der Waals surface area (Å²) in [4.78, 5) is 30.5. The largest absolute Gasteiger partial charge is 0.497 e. The Bertz CT molecular complexity index is 1450. The molecule has 0 aliphatic heterocycles. The minimum absolute atomic E-state index is 0.0974. The van der Waals surface area contributed by atoms with Gasteiger partial charge in [0.2, 0.25) is 0 Å². The molecule has 0 saturated heterocycles. The van der Waals surface area contributed by atoms with Crippen molar-refractivity contribution in [1.29, 1.82) is 0 Å². The van der Waals surface area contributed by atoms with Crippen LogP contribution in [0.2, 0.25) is 0 Å². The van der Waals surface area contributed by atoms with E-state index in [1.165, 1.54) is 4.68 Å². The van der Waals surface area contributed by atoms with Crippen LogP contribution in [-0.2, 0) is 29.2 Å². The van der Waals surface area contributed by atoms with Crippen molar-refractivity contribution in [2.45, 2.75) is 52.9 Å². The van der Waals surface area contributed by atoms with E-state index >= 15 is 0 Å². The highest BCUT2D eigenvalue weighted by molar-refractivity contribution is 5.80. The molecule has 39 heavy (non-hydrogen) atoms. The highest BCUT2D eigenvalue weighted by Gasteiger charge is 2.27. The van der Waals surface area contributed by atoms with E-state index in [1.54, 1.807) is 14.0 Å². The van der Waals surface area contributed by atoms with Crippen LogP contribution in [0, 0.1) is 0 Å². The number of ether oxygens (including phenoxy) is 3. The van der Waals surface area contributed by atoms with Crippen LogP contribution in [0.15, 0.2) is 53.3 Å². The molecule has 4 rings (SSSR count). The van der Waals surface area contributed by atoms with Crippen LogP contribution < -0.4 is 15.0 Å². The average molecular weight is 535 g/mol. The molecule has 4 aromatic rings. The Kier molecular flexibility index (Phi) is 9.27. The summed E-state index contributed by atoms with van der Waals surface area (Å²) < 4.78 is 17.5. The fourth-order valence-electron chi connectivity index (χ4n) is 4.56. The van der Waals surface area contributed by atoms with E-state index < -0.39 is 5.97 Å². The van der Waals surface area contributed by atoms with Crippen LogP contribution in [-0.4, -0.2) is 56.4 Å². The van der Waals surface area contributed by atoms with Gasteiger partial charge >= 0.3 is 5.97 Å². The summed E-state index contributed by atoms with van der Waals surface area (Å²) >= 11 is 0. The van der Waals surface area contributed by atoms with Gasteiger partial charge in [0.25, 0.3) is 5.56 Å². The molecule has 206 valence electrons. The molecule has 11 nitrogen and oxygen atoms in total. The van der Waals surface area contributed by atoms with Crippen molar-refractivity contribution in [2.75, 3.05) is 20.3 Å². The molecule has 0 radical (unpaired) electrons. The quantitative estimate of drug-likeness (QED) is 0.256. The highest BCUT2D eigenvalue weighted by atomic mass is 16.5. The number of aromatic amines is 1. The van der Waals surface area contributed by atoms with Crippen molar-refractivity contribution in [1.82, 2.24) is 30.1 Å². The number of aromatic nitrogens is 5. The molecule has 11 heteroatoms. The van der Waals surface area contributed by atoms with E-state index in [0.717, 1.165) is 28.0 Å². The Labute approximate surface area is 226 Å². The Hall–Kier alpha value is -4.25. The molecule has 2 aromatic carbocycles. The number of nitrogens with zero attached hydrogens (tertiary/aromatic N) is 5. The van der Waals surface area contributed by atoms with E-state index in [-0.39, 0.29) is 24.8 Å². The van der Waals surface area contributed by atoms with Gasteiger partial charge in [0.15, 0.2) is 5.82 Å². The predicted molar refractivity (Wildman–Crippen MR) is 145 cm³/mol. The Morgan fingerprint density at radius 2 is 1.79 bits per heavy atom. The molecule has 0 amide bonds. The van der Waals surface area contributed by atoms with E-state index in [2.05, 4.69) is 25.4 Å². The number of H-pyrrole nitrogens is 1. The number of nitrogens with one attached hydrogen (secondary N) is 1. The van der Waals surface area contributed by atoms with Crippen molar-refractivity contribution in [2.24, 2.45) is 0 Å². The molecule has 0 bridgehead atoms. The van der Waals surface area contributed by atoms with Crippen LogP contribution in [0.4, 0.5) is 0 Å².